The molecule has 1 amide bonds. The predicted octanol–water partition coefficient (Wildman–Crippen LogP) is 3.50. The second kappa shape index (κ2) is 6.29. The van der Waals surface area contributed by atoms with Gasteiger partial charge in [-0.2, -0.15) is 0 Å². The first kappa shape index (κ1) is 15.2. The summed E-state index contributed by atoms with van der Waals surface area (Å²) in [4.78, 5) is 36.1. The molecule has 0 saturated carbocycles. The Kier molecular flexibility index (Phi) is 3.83. The Morgan fingerprint density at radius 3 is 2.84 bits per heavy atom. The summed E-state index contributed by atoms with van der Waals surface area (Å²) in [6.07, 6.45) is 4.84. The molecule has 0 radical (unpaired) electrons. The number of fused-ring (bicyclic) bond motifs is 1. The van der Waals surface area contributed by atoms with Gasteiger partial charge in [0.25, 0.3) is 5.91 Å². The number of pyridine rings is 1. The first-order valence-corrected chi connectivity index (χ1v) is 8.38. The number of ketones is 1. The van der Waals surface area contributed by atoms with Gasteiger partial charge in [0.2, 0.25) is 5.78 Å². The Morgan fingerprint density at radius 1 is 1.12 bits per heavy atom. The third-order valence-electron chi connectivity index (χ3n) is 3.68. The molecule has 6 nitrogen and oxygen atoms in total. The van der Waals surface area contributed by atoms with Crippen LogP contribution in [0.1, 0.15) is 25.9 Å². The molecule has 0 spiro atoms. The molecule has 122 valence electrons. The van der Waals surface area contributed by atoms with Crippen molar-refractivity contribution in [1.29, 1.82) is 0 Å². The number of thiazole rings is 1. The van der Waals surface area contributed by atoms with Crippen molar-refractivity contribution in [1.82, 2.24) is 15.0 Å². The van der Waals surface area contributed by atoms with Gasteiger partial charge in [0.05, 0.1) is 17.4 Å². The molecule has 0 bridgehead atoms. The lowest BCUT2D eigenvalue weighted by Gasteiger charge is -2.01. The quantitative estimate of drug-likeness (QED) is 0.553. The van der Waals surface area contributed by atoms with Crippen LogP contribution in [0.2, 0.25) is 0 Å². The van der Waals surface area contributed by atoms with Crippen molar-refractivity contribution in [3.8, 4) is 0 Å². The highest BCUT2D eigenvalue weighted by Gasteiger charge is 2.19. The highest BCUT2D eigenvalue weighted by atomic mass is 32.1. The Bertz CT molecular complexity index is 1070. The van der Waals surface area contributed by atoms with Crippen LogP contribution in [0.5, 0.6) is 0 Å². The van der Waals surface area contributed by atoms with Gasteiger partial charge in [-0.15, -0.1) is 11.3 Å². The van der Waals surface area contributed by atoms with E-state index in [9.17, 15) is 9.59 Å². The largest absolute Gasteiger partial charge is 0.360 e. The molecule has 4 rings (SSSR count). The van der Waals surface area contributed by atoms with Crippen molar-refractivity contribution in [3.63, 3.8) is 0 Å². The van der Waals surface area contributed by atoms with Crippen LogP contribution in [0.3, 0.4) is 0 Å². The fourth-order valence-electron chi connectivity index (χ4n) is 2.49. The maximum Gasteiger partial charge on any atom is 0.275 e. The lowest BCUT2D eigenvalue weighted by atomic mass is 10.1. The molecule has 2 N–H and O–H groups in total. The van der Waals surface area contributed by atoms with E-state index in [1.165, 1.54) is 0 Å². The van der Waals surface area contributed by atoms with Gasteiger partial charge in [-0.1, -0.05) is 18.2 Å². The van der Waals surface area contributed by atoms with E-state index in [1.54, 1.807) is 36.1 Å². The van der Waals surface area contributed by atoms with E-state index in [1.807, 2.05) is 24.3 Å². The van der Waals surface area contributed by atoms with Crippen molar-refractivity contribution in [2.75, 3.05) is 5.32 Å². The summed E-state index contributed by atoms with van der Waals surface area (Å²) >= 11 is 1.15. The van der Waals surface area contributed by atoms with Crippen molar-refractivity contribution >= 4 is 39.6 Å². The molecule has 4 aromatic rings. The summed E-state index contributed by atoms with van der Waals surface area (Å²) in [6, 6.07) is 11.0. The number of nitrogens with one attached hydrogen (secondary N) is 2. The third kappa shape index (κ3) is 2.92. The molecule has 0 saturated heterocycles. The molecule has 3 heterocycles. The molecule has 0 atom stereocenters. The fraction of sp³-hybridized carbons (Fsp3) is 0. The van der Waals surface area contributed by atoms with E-state index < -0.39 is 0 Å². The number of aromatic nitrogens is 3. The summed E-state index contributed by atoms with van der Waals surface area (Å²) in [5.41, 5.74) is 2.21. The number of amides is 1. The van der Waals surface area contributed by atoms with Gasteiger partial charge >= 0.3 is 0 Å². The summed E-state index contributed by atoms with van der Waals surface area (Å²) in [7, 11) is 0. The smallest absolute Gasteiger partial charge is 0.275 e. The van der Waals surface area contributed by atoms with Crippen molar-refractivity contribution in [2.24, 2.45) is 0 Å². The summed E-state index contributed by atoms with van der Waals surface area (Å²) in [5.74, 6) is -0.579. The van der Waals surface area contributed by atoms with Gasteiger partial charge in [0.15, 0.2) is 5.01 Å². The van der Waals surface area contributed by atoms with Gasteiger partial charge in [0.1, 0.15) is 5.69 Å². The van der Waals surface area contributed by atoms with Crippen LogP contribution in [0.25, 0.3) is 10.9 Å². The van der Waals surface area contributed by atoms with Crippen LogP contribution in [0.4, 0.5) is 5.69 Å². The Balaban J connectivity index is 1.58. The maximum absolute atomic E-state index is 12.7. The van der Waals surface area contributed by atoms with E-state index in [0.29, 0.717) is 11.3 Å². The van der Waals surface area contributed by atoms with E-state index in [4.69, 9.17) is 0 Å². The number of para-hydroxylation sites is 1. The molecule has 1 aromatic carbocycles. The second-order valence-corrected chi connectivity index (χ2v) is 6.17. The predicted molar refractivity (Wildman–Crippen MR) is 96.0 cm³/mol. The minimum Gasteiger partial charge on any atom is -0.360 e. The molecule has 7 heteroatoms. The van der Waals surface area contributed by atoms with Gasteiger partial charge in [0, 0.05) is 28.7 Å². The zero-order chi connectivity index (χ0) is 17.2. The van der Waals surface area contributed by atoms with Crippen LogP contribution >= 0.6 is 11.3 Å². The monoisotopic (exact) mass is 348 g/mol. The molecule has 0 fully saturated rings. The number of anilines is 1. The van der Waals surface area contributed by atoms with Crippen LogP contribution < -0.4 is 5.32 Å². The lowest BCUT2D eigenvalue weighted by Crippen LogP contribution is -2.13. The van der Waals surface area contributed by atoms with E-state index in [-0.39, 0.29) is 22.4 Å². The highest BCUT2D eigenvalue weighted by molar-refractivity contribution is 7.12. The average molecular weight is 348 g/mol. The maximum atomic E-state index is 12.7. The van der Waals surface area contributed by atoms with Crippen molar-refractivity contribution in [3.05, 3.63) is 76.6 Å². The second-order valence-electron chi connectivity index (χ2n) is 5.31. The third-order valence-corrected chi connectivity index (χ3v) is 4.53. The number of aromatic amines is 1. The normalized spacial score (nSPS) is 10.7. The van der Waals surface area contributed by atoms with Crippen LogP contribution in [-0.2, 0) is 0 Å². The lowest BCUT2D eigenvalue weighted by molar-refractivity contribution is 0.102. The highest BCUT2D eigenvalue weighted by Crippen LogP contribution is 2.22. The number of benzene rings is 1. The standard InChI is InChI=1S/C18H12N4O2S/c23-16(13-9-20-14-6-2-1-5-12(13)14)18-22-15(10-25-18)17(24)21-11-4-3-7-19-8-11/h1-10,20H,(H,21,24). The number of nitrogens with zero attached hydrogens (tertiary/aromatic N) is 2. The minimum atomic E-state index is -0.373. The minimum absolute atomic E-state index is 0.206. The zero-order valence-electron chi connectivity index (χ0n) is 12.9. The molecule has 0 aliphatic heterocycles. The van der Waals surface area contributed by atoms with Crippen molar-refractivity contribution < 1.29 is 9.59 Å². The summed E-state index contributed by atoms with van der Waals surface area (Å²) in [6.45, 7) is 0. The first-order chi connectivity index (χ1) is 12.2. The van der Waals surface area contributed by atoms with Crippen LogP contribution in [-0.4, -0.2) is 26.6 Å². The SMILES string of the molecule is O=C(Nc1cccnc1)c1csc(C(=O)c2c[nH]c3ccccc23)n1. The van der Waals surface area contributed by atoms with E-state index in [2.05, 4.69) is 20.3 Å². The van der Waals surface area contributed by atoms with Crippen LogP contribution in [0, 0.1) is 0 Å². The number of hydrogen-bond acceptors (Lipinski definition) is 5. The number of hydrogen-bond donors (Lipinski definition) is 2. The van der Waals surface area contributed by atoms with E-state index >= 15 is 0 Å². The number of carbonyl (C=O) groups excluding carboxylic acids is 2. The Labute approximate surface area is 146 Å². The van der Waals surface area contributed by atoms with Crippen LogP contribution in [0.15, 0.2) is 60.4 Å². The Morgan fingerprint density at radius 2 is 2.00 bits per heavy atom. The summed E-state index contributed by atoms with van der Waals surface area (Å²) < 4.78 is 0. The average Bonchev–Trinajstić information content (AvgIpc) is 3.29. The molecular formula is C18H12N4O2S. The van der Waals surface area contributed by atoms with Crippen molar-refractivity contribution in [2.45, 2.75) is 0 Å². The topological polar surface area (TPSA) is 87.7 Å². The van der Waals surface area contributed by atoms with Gasteiger partial charge in [-0.05, 0) is 18.2 Å². The molecule has 25 heavy (non-hydrogen) atoms. The molecule has 0 aliphatic rings. The number of carbonyl (C=O) groups is 2. The number of rotatable bonds is 4. The van der Waals surface area contributed by atoms with Gasteiger partial charge in [-0.25, -0.2) is 4.98 Å². The first-order valence-electron chi connectivity index (χ1n) is 7.50. The molecule has 0 aliphatic carbocycles. The Hall–Kier alpha value is -3.32. The zero-order valence-corrected chi connectivity index (χ0v) is 13.7. The van der Waals surface area contributed by atoms with E-state index in [0.717, 1.165) is 22.2 Å². The molecule has 0 unspecified atom stereocenters. The fourth-order valence-corrected chi connectivity index (χ4v) is 3.24. The molecular weight excluding hydrogens is 336 g/mol. The summed E-state index contributed by atoms with van der Waals surface area (Å²) in [5, 5.41) is 5.39. The molecule has 3 aromatic heterocycles. The van der Waals surface area contributed by atoms with Gasteiger partial charge < -0.3 is 10.3 Å². The number of H-pyrrole nitrogens is 1. The van der Waals surface area contributed by atoms with Gasteiger partial charge in [-0.3, -0.25) is 14.6 Å².